The van der Waals surface area contributed by atoms with Gasteiger partial charge in [-0.05, 0) is 24.5 Å². The number of rotatable bonds is 5. The second kappa shape index (κ2) is 7.12. The highest BCUT2D eigenvalue weighted by atomic mass is 32.2. The molecule has 1 aromatic rings. The van der Waals surface area contributed by atoms with E-state index in [1.54, 1.807) is 4.31 Å². The highest BCUT2D eigenvalue weighted by Gasteiger charge is 2.32. The number of fused-ring (bicyclic) bond motifs is 1. The predicted molar refractivity (Wildman–Crippen MR) is 88.0 cm³/mol. The van der Waals surface area contributed by atoms with Gasteiger partial charge in [0, 0.05) is 38.3 Å². The van der Waals surface area contributed by atoms with Crippen LogP contribution in [-0.2, 0) is 16.6 Å². The van der Waals surface area contributed by atoms with Crippen molar-refractivity contribution >= 4 is 15.7 Å². The largest absolute Gasteiger partial charge is 0.373 e. The molecule has 5 nitrogen and oxygen atoms in total. The number of hydrogen-bond acceptors (Lipinski definition) is 4. The normalized spacial score (nSPS) is 19.3. The maximum absolute atomic E-state index is 12.7. The summed E-state index contributed by atoms with van der Waals surface area (Å²) in [6.07, 6.45) is 1.44. The summed E-state index contributed by atoms with van der Waals surface area (Å²) in [5.74, 6) is 0.0446. The van der Waals surface area contributed by atoms with Gasteiger partial charge in [-0.1, -0.05) is 25.1 Å². The van der Waals surface area contributed by atoms with Crippen LogP contribution in [0.3, 0.4) is 0 Å². The van der Waals surface area contributed by atoms with Crippen molar-refractivity contribution in [1.82, 2.24) is 4.31 Å². The molecule has 0 aliphatic carbocycles. The number of unbranched alkanes of at least 4 members (excludes halogenated alkanes) is 1. The second-order valence-corrected chi connectivity index (χ2v) is 7.74. The van der Waals surface area contributed by atoms with Crippen molar-refractivity contribution in [3.63, 3.8) is 0 Å². The van der Waals surface area contributed by atoms with Gasteiger partial charge in [0.2, 0.25) is 10.0 Å². The number of benzene rings is 1. The van der Waals surface area contributed by atoms with E-state index in [1.807, 2.05) is 44.3 Å². The topological polar surface area (TPSA) is 64.4 Å². The van der Waals surface area contributed by atoms with Crippen LogP contribution >= 0.6 is 0 Å². The zero-order valence-corrected chi connectivity index (χ0v) is 14.0. The number of nitrogens with zero attached hydrogens (tertiary/aromatic N) is 3. The summed E-state index contributed by atoms with van der Waals surface area (Å²) in [5.41, 5.74) is 2.13. The smallest absolute Gasteiger partial charge is 0.214 e. The molecule has 0 N–H and O–H groups in total. The first-order chi connectivity index (χ1) is 10.5. The van der Waals surface area contributed by atoms with Crippen LogP contribution in [0, 0.1) is 11.3 Å². The van der Waals surface area contributed by atoms with E-state index in [-0.39, 0.29) is 18.2 Å². The van der Waals surface area contributed by atoms with E-state index in [0.29, 0.717) is 19.5 Å². The Bertz CT molecular complexity index is 652. The molecule has 0 bridgehead atoms. The third-order valence-electron chi connectivity index (χ3n) is 4.14. The molecule has 22 heavy (non-hydrogen) atoms. The predicted octanol–water partition coefficient (Wildman–Crippen LogP) is 2.35. The Morgan fingerprint density at radius 3 is 2.77 bits per heavy atom. The summed E-state index contributed by atoms with van der Waals surface area (Å²) < 4.78 is 27.0. The lowest BCUT2D eigenvalue weighted by molar-refractivity contribution is 0.315. The van der Waals surface area contributed by atoms with Gasteiger partial charge in [0.15, 0.2) is 0 Å². The Labute approximate surface area is 133 Å². The highest BCUT2D eigenvalue weighted by Crippen LogP contribution is 2.29. The molecule has 1 aliphatic rings. The molecule has 0 saturated carbocycles. The standard InChI is InChI=1S/C16H23N3O2S/c1-3-15-13-18(2)16-9-5-4-8-14(16)12-19(15)22(20,21)11-7-6-10-17/h4-5,8-9,15H,3,6-7,11-13H2,1-2H3/t15-/m0/s1. The quantitative estimate of drug-likeness (QED) is 0.781. The van der Waals surface area contributed by atoms with Crippen LogP contribution in [0.15, 0.2) is 24.3 Å². The van der Waals surface area contributed by atoms with Crippen LogP contribution in [0.1, 0.15) is 31.7 Å². The molecule has 1 heterocycles. The summed E-state index contributed by atoms with van der Waals surface area (Å²) in [7, 11) is -1.34. The molecular formula is C16H23N3O2S. The fourth-order valence-electron chi connectivity index (χ4n) is 2.93. The minimum absolute atomic E-state index is 0.0375. The lowest BCUT2D eigenvalue weighted by Crippen LogP contribution is -2.44. The molecule has 6 heteroatoms. The van der Waals surface area contributed by atoms with Crippen molar-refractivity contribution < 1.29 is 8.42 Å². The lowest BCUT2D eigenvalue weighted by atomic mass is 10.1. The molecular weight excluding hydrogens is 298 g/mol. The Morgan fingerprint density at radius 2 is 2.09 bits per heavy atom. The van der Waals surface area contributed by atoms with Crippen molar-refractivity contribution in [2.45, 2.75) is 38.8 Å². The van der Waals surface area contributed by atoms with Gasteiger partial charge in [-0.3, -0.25) is 0 Å². The molecule has 0 fully saturated rings. The number of likely N-dealkylation sites (N-methyl/N-ethyl adjacent to an activating group) is 1. The fraction of sp³-hybridized carbons (Fsp3) is 0.562. The van der Waals surface area contributed by atoms with Gasteiger partial charge >= 0.3 is 0 Å². The third-order valence-corrected chi connectivity index (χ3v) is 6.09. The van der Waals surface area contributed by atoms with Gasteiger partial charge in [-0.25, -0.2) is 8.42 Å². The molecule has 0 saturated heterocycles. The van der Waals surface area contributed by atoms with Crippen LogP contribution in [0.2, 0.25) is 0 Å². The van der Waals surface area contributed by atoms with Crippen LogP contribution in [-0.4, -0.2) is 38.1 Å². The molecule has 2 rings (SSSR count). The first kappa shape index (κ1) is 16.8. The van der Waals surface area contributed by atoms with Crippen LogP contribution < -0.4 is 4.90 Å². The number of para-hydroxylation sites is 1. The molecule has 120 valence electrons. The Kier molecular flexibility index (Phi) is 5.43. The van der Waals surface area contributed by atoms with E-state index < -0.39 is 10.0 Å². The van der Waals surface area contributed by atoms with E-state index in [4.69, 9.17) is 5.26 Å². The molecule has 0 aromatic heterocycles. The number of nitriles is 1. The number of sulfonamides is 1. The monoisotopic (exact) mass is 321 g/mol. The van der Waals surface area contributed by atoms with E-state index in [9.17, 15) is 8.42 Å². The van der Waals surface area contributed by atoms with Crippen LogP contribution in [0.25, 0.3) is 0 Å². The molecule has 1 aromatic carbocycles. The van der Waals surface area contributed by atoms with E-state index in [1.165, 1.54) is 0 Å². The van der Waals surface area contributed by atoms with E-state index in [0.717, 1.165) is 17.7 Å². The number of anilines is 1. The SMILES string of the molecule is CC[C@H]1CN(C)c2ccccc2CN1S(=O)(=O)CCCC#N. The zero-order valence-electron chi connectivity index (χ0n) is 13.2. The molecule has 0 radical (unpaired) electrons. The summed E-state index contributed by atoms with van der Waals surface area (Å²) in [6, 6.07) is 9.92. The summed E-state index contributed by atoms with van der Waals surface area (Å²) in [4.78, 5) is 2.13. The van der Waals surface area contributed by atoms with Crippen molar-refractivity contribution in [1.29, 1.82) is 5.26 Å². The zero-order chi connectivity index (χ0) is 16.2. The van der Waals surface area contributed by atoms with Crippen molar-refractivity contribution in [3.8, 4) is 6.07 Å². The summed E-state index contributed by atoms with van der Waals surface area (Å²) >= 11 is 0. The Hall–Kier alpha value is -1.58. The van der Waals surface area contributed by atoms with Gasteiger partial charge < -0.3 is 4.90 Å². The maximum atomic E-state index is 12.7. The summed E-state index contributed by atoms with van der Waals surface area (Å²) in [6.45, 7) is 3.12. The van der Waals surface area contributed by atoms with Gasteiger partial charge in [-0.15, -0.1) is 0 Å². The minimum atomic E-state index is -3.35. The molecule has 0 unspecified atom stereocenters. The average molecular weight is 321 g/mol. The van der Waals surface area contributed by atoms with Gasteiger partial charge in [0.1, 0.15) is 0 Å². The van der Waals surface area contributed by atoms with E-state index in [2.05, 4.69) is 4.90 Å². The van der Waals surface area contributed by atoms with Gasteiger partial charge in [0.25, 0.3) is 0 Å². The third kappa shape index (κ3) is 3.60. The highest BCUT2D eigenvalue weighted by molar-refractivity contribution is 7.89. The van der Waals surface area contributed by atoms with E-state index >= 15 is 0 Å². The van der Waals surface area contributed by atoms with Crippen molar-refractivity contribution in [2.24, 2.45) is 0 Å². The minimum Gasteiger partial charge on any atom is -0.373 e. The number of hydrogen-bond donors (Lipinski definition) is 0. The second-order valence-electron chi connectivity index (χ2n) is 5.69. The molecule has 0 amide bonds. The van der Waals surface area contributed by atoms with Crippen LogP contribution in [0.5, 0.6) is 0 Å². The Morgan fingerprint density at radius 1 is 1.36 bits per heavy atom. The average Bonchev–Trinajstić information content (AvgIpc) is 2.65. The van der Waals surface area contributed by atoms with Gasteiger partial charge in [0.05, 0.1) is 11.8 Å². The maximum Gasteiger partial charge on any atom is 0.214 e. The van der Waals surface area contributed by atoms with Crippen LogP contribution in [0.4, 0.5) is 5.69 Å². The fourth-order valence-corrected chi connectivity index (χ4v) is 4.68. The van der Waals surface area contributed by atoms with Crippen molar-refractivity contribution in [3.05, 3.63) is 29.8 Å². The summed E-state index contributed by atoms with van der Waals surface area (Å²) in [5, 5.41) is 8.62. The first-order valence-electron chi connectivity index (χ1n) is 7.65. The Balaban J connectivity index is 2.31. The van der Waals surface area contributed by atoms with Crippen molar-refractivity contribution in [2.75, 3.05) is 24.2 Å². The molecule has 1 atom stereocenters. The van der Waals surface area contributed by atoms with Gasteiger partial charge in [-0.2, -0.15) is 9.57 Å². The molecule has 0 spiro atoms. The first-order valence-corrected chi connectivity index (χ1v) is 9.26. The lowest BCUT2D eigenvalue weighted by Gasteiger charge is -2.29. The molecule has 1 aliphatic heterocycles.